The summed E-state index contributed by atoms with van der Waals surface area (Å²) in [6.45, 7) is 2.77. The number of methoxy groups -OCH3 is 1. The van der Waals surface area contributed by atoms with Gasteiger partial charge in [0, 0.05) is 5.92 Å². The number of hydrogen-bond donors (Lipinski definition) is 0. The molecule has 0 bridgehead atoms. The SMILES string of the molecule is CCCC(COc1ccc(Oc2ccccc2)cc1)COC(C(=O)OC)c1cccc(F)c1. The molecule has 3 aromatic rings. The van der Waals surface area contributed by atoms with Crippen LogP contribution in [0.25, 0.3) is 0 Å². The quantitative estimate of drug-likeness (QED) is 0.300. The number of benzene rings is 3. The van der Waals surface area contributed by atoms with E-state index in [0.29, 0.717) is 17.9 Å². The summed E-state index contributed by atoms with van der Waals surface area (Å²) in [5.41, 5.74) is 0.423. The number of esters is 1. The Morgan fingerprint density at radius 2 is 1.58 bits per heavy atom. The Hall–Kier alpha value is -3.38. The van der Waals surface area contributed by atoms with E-state index in [-0.39, 0.29) is 12.5 Å². The van der Waals surface area contributed by atoms with Crippen LogP contribution in [0.2, 0.25) is 0 Å². The molecule has 0 saturated carbocycles. The molecule has 0 N–H and O–H groups in total. The number of ether oxygens (including phenoxy) is 4. The third kappa shape index (κ3) is 7.61. The van der Waals surface area contributed by atoms with Gasteiger partial charge in [-0.05, 0) is 60.5 Å². The molecule has 3 aromatic carbocycles. The van der Waals surface area contributed by atoms with Gasteiger partial charge in [0.15, 0.2) is 6.10 Å². The van der Waals surface area contributed by atoms with Crippen LogP contribution in [0.1, 0.15) is 31.4 Å². The number of para-hydroxylation sites is 1. The van der Waals surface area contributed by atoms with Crippen LogP contribution in [0.4, 0.5) is 4.39 Å². The molecule has 0 aromatic heterocycles. The summed E-state index contributed by atoms with van der Waals surface area (Å²) in [4.78, 5) is 12.2. The smallest absolute Gasteiger partial charge is 0.339 e. The van der Waals surface area contributed by atoms with Crippen molar-refractivity contribution in [2.24, 2.45) is 5.92 Å². The first-order valence-corrected chi connectivity index (χ1v) is 11.0. The van der Waals surface area contributed by atoms with Crippen molar-refractivity contribution < 1.29 is 28.1 Å². The first-order chi connectivity index (χ1) is 16.1. The molecule has 0 saturated heterocycles. The van der Waals surface area contributed by atoms with Gasteiger partial charge in [-0.15, -0.1) is 0 Å². The summed E-state index contributed by atoms with van der Waals surface area (Å²) < 4.78 is 36.1. The lowest BCUT2D eigenvalue weighted by molar-refractivity contribution is -0.156. The lowest BCUT2D eigenvalue weighted by atomic mass is 10.1. The highest BCUT2D eigenvalue weighted by molar-refractivity contribution is 5.76. The maximum Gasteiger partial charge on any atom is 0.339 e. The van der Waals surface area contributed by atoms with Gasteiger partial charge in [0.1, 0.15) is 23.1 Å². The van der Waals surface area contributed by atoms with Gasteiger partial charge in [-0.25, -0.2) is 9.18 Å². The molecule has 0 aliphatic rings. The van der Waals surface area contributed by atoms with Gasteiger partial charge in [0.2, 0.25) is 0 Å². The average Bonchev–Trinajstić information content (AvgIpc) is 2.84. The van der Waals surface area contributed by atoms with Crippen molar-refractivity contribution in [3.05, 3.63) is 90.2 Å². The van der Waals surface area contributed by atoms with Gasteiger partial charge in [-0.1, -0.05) is 43.7 Å². The molecular formula is C27H29FO5. The molecule has 3 rings (SSSR count). The van der Waals surface area contributed by atoms with Gasteiger partial charge < -0.3 is 18.9 Å². The second-order valence-electron chi connectivity index (χ2n) is 7.64. The fourth-order valence-electron chi connectivity index (χ4n) is 3.38. The van der Waals surface area contributed by atoms with Crippen LogP contribution in [-0.4, -0.2) is 26.3 Å². The van der Waals surface area contributed by atoms with Crippen LogP contribution in [0.3, 0.4) is 0 Å². The monoisotopic (exact) mass is 452 g/mol. The topological polar surface area (TPSA) is 54.0 Å². The van der Waals surface area contributed by atoms with Gasteiger partial charge in [-0.3, -0.25) is 0 Å². The van der Waals surface area contributed by atoms with E-state index in [4.69, 9.17) is 18.9 Å². The van der Waals surface area contributed by atoms with Crippen molar-refractivity contribution in [3.63, 3.8) is 0 Å². The maximum atomic E-state index is 13.6. The van der Waals surface area contributed by atoms with Crippen LogP contribution in [0.15, 0.2) is 78.9 Å². The van der Waals surface area contributed by atoms with Crippen LogP contribution >= 0.6 is 0 Å². The van der Waals surface area contributed by atoms with E-state index < -0.39 is 17.9 Å². The van der Waals surface area contributed by atoms with Crippen LogP contribution in [0, 0.1) is 11.7 Å². The number of carbonyl (C=O) groups is 1. The Balaban J connectivity index is 1.56. The molecule has 5 nitrogen and oxygen atoms in total. The van der Waals surface area contributed by atoms with E-state index in [1.165, 1.54) is 19.2 Å². The van der Waals surface area contributed by atoms with E-state index in [0.717, 1.165) is 24.3 Å². The van der Waals surface area contributed by atoms with E-state index in [1.54, 1.807) is 12.1 Å². The first kappa shape index (κ1) is 24.3. The molecule has 0 aliphatic carbocycles. The summed E-state index contributed by atoms with van der Waals surface area (Å²) in [5.74, 6) is 1.26. The van der Waals surface area contributed by atoms with E-state index in [2.05, 4.69) is 6.92 Å². The molecule has 2 atom stereocenters. The fraction of sp³-hybridized carbons (Fsp3) is 0.296. The molecule has 0 radical (unpaired) electrons. The summed E-state index contributed by atoms with van der Waals surface area (Å²) in [5, 5.41) is 0. The predicted octanol–water partition coefficient (Wildman–Crippen LogP) is 6.34. The van der Waals surface area contributed by atoms with Crippen molar-refractivity contribution in [1.29, 1.82) is 0 Å². The molecule has 0 spiro atoms. The largest absolute Gasteiger partial charge is 0.493 e. The Labute approximate surface area is 194 Å². The lowest BCUT2D eigenvalue weighted by Crippen LogP contribution is -2.24. The Morgan fingerprint density at radius 1 is 0.879 bits per heavy atom. The van der Waals surface area contributed by atoms with E-state index >= 15 is 0 Å². The minimum atomic E-state index is -0.987. The highest BCUT2D eigenvalue weighted by atomic mass is 19.1. The second kappa shape index (κ2) is 12.6. The standard InChI is InChI=1S/C27H29FO5/c1-3-8-20(19-32-26(27(29)30-2)21-9-7-10-22(28)17-21)18-31-23-13-15-25(16-14-23)33-24-11-5-4-6-12-24/h4-7,9-17,20,26H,3,8,18-19H2,1-2H3. The van der Waals surface area contributed by atoms with Crippen LogP contribution < -0.4 is 9.47 Å². The molecule has 0 fully saturated rings. The Morgan fingerprint density at radius 3 is 2.24 bits per heavy atom. The fourth-order valence-corrected chi connectivity index (χ4v) is 3.38. The zero-order valence-electron chi connectivity index (χ0n) is 18.9. The zero-order chi connectivity index (χ0) is 23.5. The van der Waals surface area contributed by atoms with Gasteiger partial charge in [0.05, 0.1) is 20.3 Å². The molecule has 33 heavy (non-hydrogen) atoms. The summed E-state index contributed by atoms with van der Waals surface area (Å²) in [6, 6.07) is 22.8. The third-order valence-electron chi connectivity index (χ3n) is 5.05. The molecule has 2 unspecified atom stereocenters. The molecule has 6 heteroatoms. The minimum absolute atomic E-state index is 0.0518. The summed E-state index contributed by atoms with van der Waals surface area (Å²) in [7, 11) is 1.29. The Kier molecular flexibility index (Phi) is 9.27. The zero-order valence-corrected chi connectivity index (χ0v) is 18.9. The molecule has 174 valence electrons. The summed E-state index contributed by atoms with van der Waals surface area (Å²) in [6.07, 6.45) is 0.801. The lowest BCUT2D eigenvalue weighted by Gasteiger charge is -2.21. The predicted molar refractivity (Wildman–Crippen MR) is 124 cm³/mol. The number of rotatable bonds is 12. The number of carbonyl (C=O) groups excluding carboxylic acids is 1. The van der Waals surface area contributed by atoms with Crippen molar-refractivity contribution >= 4 is 5.97 Å². The van der Waals surface area contributed by atoms with Gasteiger partial charge in [-0.2, -0.15) is 0 Å². The van der Waals surface area contributed by atoms with Crippen molar-refractivity contribution in [2.45, 2.75) is 25.9 Å². The van der Waals surface area contributed by atoms with Crippen molar-refractivity contribution in [3.8, 4) is 17.2 Å². The van der Waals surface area contributed by atoms with Crippen molar-refractivity contribution in [2.75, 3.05) is 20.3 Å². The normalized spacial score (nSPS) is 12.6. The summed E-state index contributed by atoms with van der Waals surface area (Å²) >= 11 is 0. The average molecular weight is 453 g/mol. The van der Waals surface area contributed by atoms with Crippen LogP contribution in [-0.2, 0) is 14.3 Å². The van der Waals surface area contributed by atoms with Gasteiger partial charge >= 0.3 is 5.97 Å². The number of hydrogen-bond acceptors (Lipinski definition) is 5. The first-order valence-electron chi connectivity index (χ1n) is 11.0. The Bertz CT molecular complexity index is 991. The van der Waals surface area contributed by atoms with Gasteiger partial charge in [0.25, 0.3) is 0 Å². The highest BCUT2D eigenvalue weighted by Gasteiger charge is 2.24. The third-order valence-corrected chi connectivity index (χ3v) is 5.05. The van der Waals surface area contributed by atoms with Crippen LogP contribution in [0.5, 0.6) is 17.2 Å². The van der Waals surface area contributed by atoms with E-state index in [1.807, 2.05) is 54.6 Å². The molecule has 0 heterocycles. The highest BCUT2D eigenvalue weighted by Crippen LogP contribution is 2.25. The molecule has 0 aliphatic heterocycles. The maximum absolute atomic E-state index is 13.6. The molecular weight excluding hydrogens is 423 g/mol. The van der Waals surface area contributed by atoms with E-state index in [9.17, 15) is 9.18 Å². The molecule has 0 amide bonds. The van der Waals surface area contributed by atoms with Crippen molar-refractivity contribution in [1.82, 2.24) is 0 Å². The number of halogens is 1. The second-order valence-corrected chi connectivity index (χ2v) is 7.64. The minimum Gasteiger partial charge on any atom is -0.493 e.